The summed E-state index contributed by atoms with van der Waals surface area (Å²) in [5.41, 5.74) is -4.33. The maximum atomic E-state index is 14.1. The zero-order valence-electron chi connectivity index (χ0n) is 34.3. The Hall–Kier alpha value is -0.970. The van der Waals surface area contributed by atoms with Gasteiger partial charge in [-0.2, -0.15) is 0 Å². The van der Waals surface area contributed by atoms with E-state index in [4.69, 9.17) is 28.4 Å². The number of ether oxygens (including phenoxy) is 6. The van der Waals surface area contributed by atoms with Gasteiger partial charge in [0.25, 0.3) is 0 Å². The summed E-state index contributed by atoms with van der Waals surface area (Å²) in [4.78, 5) is 16.2. The van der Waals surface area contributed by atoms with Crippen molar-refractivity contribution in [1.82, 2.24) is 4.90 Å². The zero-order valence-corrected chi connectivity index (χ0v) is 34.3. The summed E-state index contributed by atoms with van der Waals surface area (Å²) < 4.78 is 37.6. The molecule has 0 spiro atoms. The van der Waals surface area contributed by atoms with Gasteiger partial charge >= 0.3 is 5.97 Å². The highest BCUT2D eigenvalue weighted by atomic mass is 16.7. The molecule has 0 bridgehead atoms. The van der Waals surface area contributed by atoms with Crippen molar-refractivity contribution in [2.24, 2.45) is 23.7 Å². The van der Waals surface area contributed by atoms with Gasteiger partial charge in [-0.1, -0.05) is 27.7 Å². The third kappa shape index (κ3) is 10.1. The Balaban J connectivity index is 2.15. The van der Waals surface area contributed by atoms with Crippen molar-refractivity contribution in [3.63, 3.8) is 0 Å². The second-order valence-electron chi connectivity index (χ2n) is 17.5. The normalized spacial score (nSPS) is 49.1. The molecule has 3 aliphatic rings. The van der Waals surface area contributed by atoms with Crippen LogP contribution in [0.5, 0.6) is 0 Å². The minimum atomic E-state index is -1.76. The van der Waals surface area contributed by atoms with Crippen LogP contribution >= 0.6 is 0 Å². The summed E-state index contributed by atoms with van der Waals surface area (Å²) in [7, 11) is 3.47. The highest BCUT2D eigenvalue weighted by Crippen LogP contribution is 2.41. The van der Waals surface area contributed by atoms with Gasteiger partial charge in [-0.3, -0.25) is 9.69 Å². The number of hydrogen-bond donors (Lipinski definition) is 5. The minimum Gasteiger partial charge on any atom is -0.459 e. The van der Waals surface area contributed by atoms with Crippen LogP contribution in [0.2, 0.25) is 0 Å². The molecule has 13 nitrogen and oxygen atoms in total. The van der Waals surface area contributed by atoms with Crippen molar-refractivity contribution in [3.8, 4) is 0 Å². The third-order valence-electron chi connectivity index (χ3n) is 12.4. The van der Waals surface area contributed by atoms with Gasteiger partial charge in [0.1, 0.15) is 23.9 Å². The molecule has 18 atom stereocenters. The standard InChI is InChI=1S/C39H73NO12/c1-15-28-39(12,46)32(42)22(5)16-21(4)18-37(10,45)34(52-36-30(41)27(17-23(6)48-36)40(13)20(2)3)24(7)31(25(8)35(44)50-28)51-29-19-38(11,47-14)33(43)26(9)49-29/h20-34,36,41-43,45-46H,15-19H2,1-14H3/t21-,22-,23+,24-,25+,26-,27-,28+,29-,30+,31-,32+,33-,34+,36-,37?,38+,39+/m0/s1. The Morgan fingerprint density at radius 3 is 2.10 bits per heavy atom. The molecule has 5 N–H and O–H groups in total. The molecule has 3 heterocycles. The fourth-order valence-corrected chi connectivity index (χ4v) is 8.98. The average Bonchev–Trinajstić information content (AvgIpc) is 3.05. The van der Waals surface area contributed by atoms with E-state index in [0.29, 0.717) is 12.8 Å². The number of cyclic esters (lactones) is 1. The third-order valence-corrected chi connectivity index (χ3v) is 12.4. The van der Waals surface area contributed by atoms with Gasteiger partial charge in [0.05, 0.1) is 47.6 Å². The van der Waals surface area contributed by atoms with Gasteiger partial charge in [-0.15, -0.1) is 0 Å². The van der Waals surface area contributed by atoms with Crippen LogP contribution in [-0.2, 0) is 33.2 Å². The smallest absolute Gasteiger partial charge is 0.311 e. The average molecular weight is 748 g/mol. The molecule has 1 unspecified atom stereocenters. The number of aliphatic hydroxyl groups is 5. The Morgan fingerprint density at radius 2 is 1.54 bits per heavy atom. The fourth-order valence-electron chi connectivity index (χ4n) is 8.98. The minimum absolute atomic E-state index is 0.139. The molecule has 306 valence electrons. The van der Waals surface area contributed by atoms with Crippen LogP contribution < -0.4 is 0 Å². The summed E-state index contributed by atoms with van der Waals surface area (Å²) in [6, 6.07) is -0.129. The maximum absolute atomic E-state index is 14.1. The Morgan fingerprint density at radius 1 is 0.923 bits per heavy atom. The fraction of sp³-hybridized carbons (Fsp3) is 0.974. The molecule has 3 fully saturated rings. The lowest BCUT2D eigenvalue weighted by molar-refractivity contribution is -0.318. The van der Waals surface area contributed by atoms with E-state index in [2.05, 4.69) is 18.7 Å². The highest BCUT2D eigenvalue weighted by Gasteiger charge is 2.53. The number of nitrogens with zero attached hydrogens (tertiary/aromatic N) is 1. The Bertz CT molecular complexity index is 1140. The maximum Gasteiger partial charge on any atom is 0.311 e. The van der Waals surface area contributed by atoms with Crippen LogP contribution in [-0.4, -0.2) is 141 Å². The van der Waals surface area contributed by atoms with Crippen molar-refractivity contribution >= 4 is 5.97 Å². The first kappa shape index (κ1) is 45.4. The molecule has 0 aromatic carbocycles. The van der Waals surface area contributed by atoms with Gasteiger partial charge in [0.15, 0.2) is 12.6 Å². The zero-order chi connectivity index (χ0) is 39.7. The number of carbonyl (C=O) groups excluding carboxylic acids is 1. The first-order chi connectivity index (χ1) is 23.9. The van der Waals surface area contributed by atoms with Crippen LogP contribution in [0.3, 0.4) is 0 Å². The van der Waals surface area contributed by atoms with E-state index >= 15 is 0 Å². The second-order valence-corrected chi connectivity index (χ2v) is 17.5. The molecular weight excluding hydrogens is 674 g/mol. The predicted molar refractivity (Wildman–Crippen MR) is 195 cm³/mol. The Kier molecular flexibility index (Phi) is 15.6. The van der Waals surface area contributed by atoms with E-state index in [1.54, 1.807) is 34.6 Å². The van der Waals surface area contributed by atoms with Crippen LogP contribution in [0.4, 0.5) is 0 Å². The lowest BCUT2D eigenvalue weighted by Crippen LogP contribution is -2.61. The van der Waals surface area contributed by atoms with Gasteiger partial charge in [0.2, 0.25) is 0 Å². The van der Waals surface area contributed by atoms with E-state index in [0.717, 1.165) is 0 Å². The van der Waals surface area contributed by atoms with Crippen LogP contribution in [0, 0.1) is 23.7 Å². The second kappa shape index (κ2) is 17.9. The summed E-state index contributed by atoms with van der Waals surface area (Å²) in [6.07, 6.45) is -7.60. The predicted octanol–water partition coefficient (Wildman–Crippen LogP) is 3.39. The van der Waals surface area contributed by atoms with Crippen LogP contribution in [0.1, 0.15) is 115 Å². The number of esters is 1. The summed E-state index contributed by atoms with van der Waals surface area (Å²) in [5.74, 6) is -2.96. The number of methoxy groups -OCH3 is 1. The van der Waals surface area contributed by atoms with Crippen LogP contribution in [0.15, 0.2) is 0 Å². The van der Waals surface area contributed by atoms with Gasteiger partial charge in [0, 0.05) is 31.5 Å². The monoisotopic (exact) mass is 748 g/mol. The molecule has 0 amide bonds. The molecule has 3 aliphatic heterocycles. The van der Waals surface area contributed by atoms with E-state index < -0.39 is 95.8 Å². The highest BCUT2D eigenvalue weighted by molar-refractivity contribution is 5.73. The Labute approximate surface area is 312 Å². The summed E-state index contributed by atoms with van der Waals surface area (Å²) >= 11 is 0. The first-order valence-corrected chi connectivity index (χ1v) is 19.5. The molecule has 52 heavy (non-hydrogen) atoms. The van der Waals surface area contributed by atoms with Crippen molar-refractivity contribution in [2.45, 2.75) is 205 Å². The molecular formula is C39H73NO12. The topological polar surface area (TPSA) is 177 Å². The van der Waals surface area contributed by atoms with Crippen molar-refractivity contribution in [2.75, 3.05) is 14.2 Å². The van der Waals surface area contributed by atoms with E-state index in [-0.39, 0.29) is 43.4 Å². The lowest BCUT2D eigenvalue weighted by Gasteiger charge is -2.49. The SMILES string of the molecule is CC[C@H]1OC(=O)[C@H](C)[C@@H](O[C@H]2C[C@@](C)(OC)[C@@H](O)[C@H](C)O2)[C@H](C)[C@@H](O[C@@H]2O[C@H](C)C[C@H](N(C)C(C)C)[C@H]2O)C(C)(O)C[C@@H](C)C[C@H](C)[C@@H](O)[C@]1(C)O. The molecule has 0 aromatic heterocycles. The largest absolute Gasteiger partial charge is 0.459 e. The summed E-state index contributed by atoms with van der Waals surface area (Å²) in [5, 5.41) is 58.2. The van der Waals surface area contributed by atoms with E-state index in [9.17, 15) is 30.3 Å². The lowest BCUT2D eigenvalue weighted by atomic mass is 9.74. The number of carbonyl (C=O) groups is 1. The molecule has 0 radical (unpaired) electrons. The molecule has 0 aromatic rings. The number of rotatable bonds is 8. The van der Waals surface area contributed by atoms with Crippen molar-refractivity contribution < 1.29 is 58.7 Å². The van der Waals surface area contributed by atoms with Crippen LogP contribution in [0.25, 0.3) is 0 Å². The van der Waals surface area contributed by atoms with E-state index in [1.807, 2.05) is 34.7 Å². The number of hydrogen-bond acceptors (Lipinski definition) is 13. The van der Waals surface area contributed by atoms with Crippen molar-refractivity contribution in [1.29, 1.82) is 0 Å². The first-order valence-electron chi connectivity index (χ1n) is 19.5. The van der Waals surface area contributed by atoms with Crippen molar-refractivity contribution in [3.05, 3.63) is 0 Å². The molecule has 0 aliphatic carbocycles. The number of likely N-dealkylation sites (N-methyl/N-ethyl adjacent to an activating group) is 1. The van der Waals surface area contributed by atoms with Gasteiger partial charge in [-0.25, -0.2) is 0 Å². The molecule has 0 saturated carbocycles. The molecule has 13 heteroatoms. The summed E-state index contributed by atoms with van der Waals surface area (Å²) in [6.45, 7) is 21.8. The van der Waals surface area contributed by atoms with Gasteiger partial charge in [-0.05, 0) is 100.0 Å². The number of aliphatic hydroxyl groups excluding tert-OH is 3. The van der Waals surface area contributed by atoms with E-state index in [1.165, 1.54) is 14.0 Å². The van der Waals surface area contributed by atoms with Gasteiger partial charge < -0.3 is 54.0 Å². The molecule has 3 rings (SSSR count). The molecule has 3 saturated heterocycles. The quantitative estimate of drug-likeness (QED) is 0.229.